The molecular formula is C14H11NS. The lowest BCUT2D eigenvalue weighted by molar-refractivity contribution is 1.34. The molecule has 0 atom stereocenters. The quantitative estimate of drug-likeness (QED) is 0.746. The highest BCUT2D eigenvalue weighted by Gasteiger charge is 2.00. The van der Waals surface area contributed by atoms with Crippen molar-refractivity contribution in [2.45, 2.75) is 6.42 Å². The Bertz CT molecular complexity index is 569. The Morgan fingerprint density at radius 2 is 2.12 bits per heavy atom. The fourth-order valence-electron chi connectivity index (χ4n) is 1.73. The fraction of sp³-hybridized carbons (Fsp3) is 0.0714. The van der Waals surface area contributed by atoms with E-state index in [2.05, 4.69) is 53.6 Å². The minimum atomic E-state index is 1.04. The first kappa shape index (κ1) is 9.55. The van der Waals surface area contributed by atoms with Gasteiger partial charge in [0, 0.05) is 0 Å². The third-order valence-corrected chi connectivity index (χ3v) is 3.55. The van der Waals surface area contributed by atoms with Gasteiger partial charge in [0.25, 0.3) is 0 Å². The summed E-state index contributed by atoms with van der Waals surface area (Å²) in [5.74, 6) is 0. The predicted octanol–water partition coefficient (Wildman–Crippen LogP) is 4.20. The zero-order chi connectivity index (χ0) is 10.8. The molecule has 2 aromatic rings. The summed E-state index contributed by atoms with van der Waals surface area (Å²) in [6.45, 7) is 0. The van der Waals surface area contributed by atoms with Crippen molar-refractivity contribution >= 4 is 27.6 Å². The summed E-state index contributed by atoms with van der Waals surface area (Å²) in [5, 5.41) is 1.08. The van der Waals surface area contributed by atoms with Crippen molar-refractivity contribution in [1.29, 1.82) is 0 Å². The van der Waals surface area contributed by atoms with Crippen LogP contribution in [0.1, 0.15) is 11.4 Å². The first-order chi connectivity index (χ1) is 7.92. The Hall–Kier alpha value is -1.67. The highest BCUT2D eigenvalue weighted by Crippen LogP contribution is 2.23. The molecule has 0 radical (unpaired) electrons. The number of hydrogen-bond acceptors (Lipinski definition) is 2. The van der Waals surface area contributed by atoms with E-state index in [0.29, 0.717) is 0 Å². The van der Waals surface area contributed by atoms with Gasteiger partial charge in [0.15, 0.2) is 0 Å². The normalized spacial score (nSPS) is 15.1. The topological polar surface area (TPSA) is 12.9 Å². The summed E-state index contributed by atoms with van der Waals surface area (Å²) < 4.78 is 1.25. The maximum absolute atomic E-state index is 4.56. The lowest BCUT2D eigenvalue weighted by atomic mass is 10.2. The van der Waals surface area contributed by atoms with Crippen LogP contribution >= 0.6 is 11.3 Å². The molecule has 3 rings (SSSR count). The summed E-state index contributed by atoms with van der Waals surface area (Å²) in [7, 11) is 0. The summed E-state index contributed by atoms with van der Waals surface area (Å²) in [5.41, 5.74) is 2.44. The first-order valence-corrected chi connectivity index (χ1v) is 6.13. The number of benzene rings is 1. The van der Waals surface area contributed by atoms with Crippen molar-refractivity contribution in [3.63, 3.8) is 0 Å². The molecule has 0 bridgehead atoms. The smallest absolute Gasteiger partial charge is 0.117 e. The molecule has 0 saturated heterocycles. The van der Waals surface area contributed by atoms with Crippen molar-refractivity contribution in [2.75, 3.05) is 0 Å². The number of thiazole rings is 1. The minimum absolute atomic E-state index is 1.04. The zero-order valence-electron chi connectivity index (χ0n) is 8.76. The van der Waals surface area contributed by atoms with Crippen molar-refractivity contribution < 1.29 is 0 Å². The van der Waals surface area contributed by atoms with Gasteiger partial charge in [0.1, 0.15) is 5.01 Å². The van der Waals surface area contributed by atoms with E-state index in [4.69, 9.17) is 0 Å². The van der Waals surface area contributed by atoms with Crippen LogP contribution in [0.25, 0.3) is 16.3 Å². The van der Waals surface area contributed by atoms with Crippen LogP contribution in [0.3, 0.4) is 0 Å². The molecule has 1 aromatic heterocycles. The van der Waals surface area contributed by atoms with Crippen molar-refractivity contribution in [1.82, 2.24) is 4.98 Å². The molecule has 1 aliphatic rings. The van der Waals surface area contributed by atoms with Crippen LogP contribution in [-0.2, 0) is 0 Å². The van der Waals surface area contributed by atoms with E-state index in [1.54, 1.807) is 11.3 Å². The number of hydrogen-bond donors (Lipinski definition) is 0. The molecule has 1 nitrogen and oxygen atoms in total. The van der Waals surface area contributed by atoms with E-state index in [1.807, 2.05) is 6.07 Å². The molecule has 0 unspecified atom stereocenters. The predicted molar refractivity (Wildman–Crippen MR) is 70.5 cm³/mol. The van der Waals surface area contributed by atoms with Gasteiger partial charge in [-0.2, -0.15) is 0 Å². The van der Waals surface area contributed by atoms with E-state index in [0.717, 1.165) is 16.9 Å². The largest absolute Gasteiger partial charge is 0.237 e. The van der Waals surface area contributed by atoms with Crippen molar-refractivity contribution in [2.24, 2.45) is 0 Å². The van der Waals surface area contributed by atoms with Gasteiger partial charge in [-0.05, 0) is 30.2 Å². The average molecular weight is 225 g/mol. The van der Waals surface area contributed by atoms with Gasteiger partial charge in [-0.1, -0.05) is 36.4 Å². The third kappa shape index (κ3) is 1.84. The van der Waals surface area contributed by atoms with Crippen molar-refractivity contribution in [3.05, 3.63) is 59.2 Å². The number of fused-ring (bicyclic) bond motifs is 1. The second kappa shape index (κ2) is 4.06. The number of rotatable bonds is 2. The summed E-state index contributed by atoms with van der Waals surface area (Å²) in [4.78, 5) is 4.56. The van der Waals surface area contributed by atoms with Gasteiger partial charge in [0.05, 0.1) is 10.2 Å². The van der Waals surface area contributed by atoms with Gasteiger partial charge >= 0.3 is 0 Å². The fourth-order valence-corrected chi connectivity index (χ4v) is 2.60. The van der Waals surface area contributed by atoms with Gasteiger partial charge in [-0.15, -0.1) is 11.3 Å². The maximum Gasteiger partial charge on any atom is 0.117 e. The second-order valence-electron chi connectivity index (χ2n) is 3.73. The maximum atomic E-state index is 4.56. The van der Waals surface area contributed by atoms with Gasteiger partial charge in [-0.25, -0.2) is 4.98 Å². The summed E-state index contributed by atoms with van der Waals surface area (Å²) in [6, 6.07) is 8.25. The zero-order valence-corrected chi connectivity index (χ0v) is 9.58. The highest BCUT2D eigenvalue weighted by molar-refractivity contribution is 7.19. The van der Waals surface area contributed by atoms with E-state index >= 15 is 0 Å². The molecule has 0 aliphatic heterocycles. The molecule has 0 N–H and O–H groups in total. The Morgan fingerprint density at radius 1 is 1.19 bits per heavy atom. The number of nitrogens with zero attached hydrogens (tertiary/aromatic N) is 1. The molecule has 2 heteroatoms. The van der Waals surface area contributed by atoms with E-state index in [1.165, 1.54) is 10.3 Å². The molecular weight excluding hydrogens is 214 g/mol. The van der Waals surface area contributed by atoms with Crippen LogP contribution in [0, 0.1) is 0 Å². The lowest BCUT2D eigenvalue weighted by Gasteiger charge is -1.88. The molecule has 0 spiro atoms. The van der Waals surface area contributed by atoms with Crippen LogP contribution in [-0.4, -0.2) is 4.98 Å². The van der Waals surface area contributed by atoms with Crippen LogP contribution in [0.5, 0.6) is 0 Å². The summed E-state index contributed by atoms with van der Waals surface area (Å²) in [6.07, 6.45) is 11.7. The van der Waals surface area contributed by atoms with E-state index in [-0.39, 0.29) is 0 Å². The molecule has 0 fully saturated rings. The molecule has 78 valence electrons. The van der Waals surface area contributed by atoms with Gasteiger partial charge in [-0.3, -0.25) is 0 Å². The molecule has 1 aliphatic carbocycles. The molecule has 1 heterocycles. The monoisotopic (exact) mass is 225 g/mol. The Morgan fingerprint density at radius 3 is 2.94 bits per heavy atom. The van der Waals surface area contributed by atoms with E-state index < -0.39 is 0 Å². The number of allylic oxidation sites excluding steroid dienone is 5. The van der Waals surface area contributed by atoms with Crippen LogP contribution in [0.4, 0.5) is 0 Å². The second-order valence-corrected chi connectivity index (χ2v) is 4.79. The van der Waals surface area contributed by atoms with Gasteiger partial charge in [0.2, 0.25) is 0 Å². The number of para-hydroxylation sites is 1. The number of aromatic nitrogens is 1. The van der Waals surface area contributed by atoms with Crippen LogP contribution in [0.15, 0.2) is 54.1 Å². The average Bonchev–Trinajstić information content (AvgIpc) is 2.95. The standard InChI is InChI=1S/C14H11NS/c1-2-6-11(5-1)9-10-14-15-12-7-3-4-8-13(12)16-14/h1-5,7-10H,6H2/b10-9+. The Balaban J connectivity index is 1.89. The Kier molecular flexibility index (Phi) is 2.43. The Labute approximate surface area is 98.5 Å². The van der Waals surface area contributed by atoms with Crippen molar-refractivity contribution in [3.8, 4) is 0 Å². The molecule has 0 saturated carbocycles. The molecule has 0 amide bonds. The lowest BCUT2D eigenvalue weighted by Crippen LogP contribution is -1.71. The molecule has 1 aromatic carbocycles. The van der Waals surface area contributed by atoms with Crippen LogP contribution < -0.4 is 0 Å². The molecule has 16 heavy (non-hydrogen) atoms. The SMILES string of the molecule is C1=CCC(/C=C/c2nc3ccccc3s2)=C1. The van der Waals surface area contributed by atoms with E-state index in [9.17, 15) is 0 Å². The highest BCUT2D eigenvalue weighted by atomic mass is 32.1. The first-order valence-electron chi connectivity index (χ1n) is 5.31. The third-order valence-electron chi connectivity index (χ3n) is 2.55. The summed E-state index contributed by atoms with van der Waals surface area (Å²) >= 11 is 1.74. The minimum Gasteiger partial charge on any atom is -0.237 e. The van der Waals surface area contributed by atoms with Crippen LogP contribution in [0.2, 0.25) is 0 Å². The van der Waals surface area contributed by atoms with Gasteiger partial charge < -0.3 is 0 Å².